The van der Waals surface area contributed by atoms with Crippen molar-refractivity contribution in [1.82, 2.24) is 14.7 Å². The molecule has 2 heterocycles. The number of nitrogens with zero attached hydrogens (tertiary/aromatic N) is 2. The van der Waals surface area contributed by atoms with Gasteiger partial charge >= 0.3 is 0 Å². The van der Waals surface area contributed by atoms with Crippen molar-refractivity contribution in [2.45, 2.75) is 13.3 Å². The molecule has 0 unspecified atom stereocenters. The van der Waals surface area contributed by atoms with E-state index in [0.29, 0.717) is 24.2 Å². The molecule has 2 aromatic heterocycles. The molecule has 6 nitrogen and oxygen atoms in total. The van der Waals surface area contributed by atoms with Crippen LogP contribution in [0.25, 0.3) is 5.65 Å². The third-order valence-corrected chi connectivity index (χ3v) is 3.55. The van der Waals surface area contributed by atoms with Gasteiger partial charge in [0.15, 0.2) is 0 Å². The Labute approximate surface area is 139 Å². The highest BCUT2D eigenvalue weighted by molar-refractivity contribution is 5.95. The molecule has 0 saturated heterocycles. The third-order valence-electron chi connectivity index (χ3n) is 3.55. The quantitative estimate of drug-likeness (QED) is 0.756. The van der Waals surface area contributed by atoms with E-state index < -0.39 is 0 Å². The fourth-order valence-electron chi connectivity index (χ4n) is 2.42. The number of rotatable bonds is 5. The van der Waals surface area contributed by atoms with E-state index in [2.05, 4.69) is 15.6 Å². The summed E-state index contributed by atoms with van der Waals surface area (Å²) in [6, 6.07) is 12.6. The fraction of sp³-hybridized carbons (Fsp3) is 0.167. The number of carbonyl (C=O) groups excluding carboxylic acids is 2. The highest BCUT2D eigenvalue weighted by atomic mass is 16.2. The number of amides is 2. The van der Waals surface area contributed by atoms with Crippen LogP contribution < -0.4 is 10.6 Å². The number of pyridine rings is 1. The van der Waals surface area contributed by atoms with Crippen molar-refractivity contribution in [3.8, 4) is 0 Å². The summed E-state index contributed by atoms with van der Waals surface area (Å²) in [5.41, 5.74) is 3.05. The molecule has 24 heavy (non-hydrogen) atoms. The number of anilines is 1. The van der Waals surface area contributed by atoms with Crippen LogP contribution in [0.15, 0.2) is 54.9 Å². The average Bonchev–Trinajstić information content (AvgIpc) is 2.97. The topological polar surface area (TPSA) is 75.5 Å². The van der Waals surface area contributed by atoms with Gasteiger partial charge in [0, 0.05) is 43.5 Å². The maximum Gasteiger partial charge on any atom is 0.251 e. The van der Waals surface area contributed by atoms with Gasteiger partial charge in [-0.1, -0.05) is 6.07 Å². The van der Waals surface area contributed by atoms with E-state index >= 15 is 0 Å². The molecule has 0 saturated carbocycles. The predicted octanol–water partition coefficient (Wildman–Crippen LogP) is 2.27. The van der Waals surface area contributed by atoms with Crippen LogP contribution in [0, 0.1) is 0 Å². The Morgan fingerprint density at radius 3 is 2.62 bits per heavy atom. The van der Waals surface area contributed by atoms with Crippen molar-refractivity contribution in [2.75, 3.05) is 11.9 Å². The Bertz CT molecular complexity index is 835. The van der Waals surface area contributed by atoms with E-state index in [1.165, 1.54) is 6.92 Å². The Balaban J connectivity index is 1.54. The summed E-state index contributed by atoms with van der Waals surface area (Å²) < 4.78 is 1.96. The first-order chi connectivity index (χ1) is 11.6. The summed E-state index contributed by atoms with van der Waals surface area (Å²) in [4.78, 5) is 27.6. The van der Waals surface area contributed by atoms with Crippen molar-refractivity contribution >= 4 is 23.1 Å². The van der Waals surface area contributed by atoms with Crippen LogP contribution in [0.5, 0.6) is 0 Å². The summed E-state index contributed by atoms with van der Waals surface area (Å²) in [5.74, 6) is -0.284. The number of benzene rings is 1. The Morgan fingerprint density at radius 2 is 1.92 bits per heavy atom. The van der Waals surface area contributed by atoms with Crippen LogP contribution in [-0.4, -0.2) is 27.7 Å². The summed E-state index contributed by atoms with van der Waals surface area (Å²) in [7, 11) is 0. The first-order valence-electron chi connectivity index (χ1n) is 7.70. The van der Waals surface area contributed by atoms with Gasteiger partial charge in [0.1, 0.15) is 5.65 Å². The summed E-state index contributed by atoms with van der Waals surface area (Å²) in [5, 5.41) is 5.54. The van der Waals surface area contributed by atoms with Gasteiger partial charge in [-0.05, 0) is 36.4 Å². The van der Waals surface area contributed by atoms with E-state index in [9.17, 15) is 9.59 Å². The molecule has 0 aliphatic carbocycles. The Morgan fingerprint density at radius 1 is 1.12 bits per heavy atom. The van der Waals surface area contributed by atoms with Gasteiger partial charge in [0.2, 0.25) is 5.91 Å². The van der Waals surface area contributed by atoms with Crippen LogP contribution in [0.4, 0.5) is 5.69 Å². The van der Waals surface area contributed by atoms with Gasteiger partial charge in [0.25, 0.3) is 5.91 Å². The van der Waals surface area contributed by atoms with E-state index in [1.54, 1.807) is 24.3 Å². The number of fused-ring (bicyclic) bond motifs is 1. The lowest BCUT2D eigenvalue weighted by atomic mass is 10.2. The van der Waals surface area contributed by atoms with Gasteiger partial charge in [-0.25, -0.2) is 4.98 Å². The second kappa shape index (κ2) is 6.95. The summed E-state index contributed by atoms with van der Waals surface area (Å²) in [6.07, 6.45) is 4.57. The first-order valence-corrected chi connectivity index (χ1v) is 7.70. The fourth-order valence-corrected chi connectivity index (χ4v) is 2.42. The SMILES string of the molecule is CC(=O)Nc1ccc(C(=O)NCCc2cn3ccccc3n2)cc1. The molecular weight excluding hydrogens is 304 g/mol. The first kappa shape index (κ1) is 15.7. The van der Waals surface area contributed by atoms with Crippen molar-refractivity contribution in [3.05, 3.63) is 66.1 Å². The maximum atomic E-state index is 12.1. The summed E-state index contributed by atoms with van der Waals surface area (Å²) >= 11 is 0. The molecule has 0 radical (unpaired) electrons. The van der Waals surface area contributed by atoms with E-state index in [-0.39, 0.29) is 11.8 Å². The molecule has 6 heteroatoms. The van der Waals surface area contributed by atoms with Crippen molar-refractivity contribution in [3.63, 3.8) is 0 Å². The molecular formula is C18H18N4O2. The highest BCUT2D eigenvalue weighted by Crippen LogP contribution is 2.09. The Kier molecular flexibility index (Phi) is 4.56. The Hall–Kier alpha value is -3.15. The van der Waals surface area contributed by atoms with Crippen molar-refractivity contribution in [2.24, 2.45) is 0 Å². The highest BCUT2D eigenvalue weighted by Gasteiger charge is 2.06. The molecule has 2 amide bonds. The monoisotopic (exact) mass is 322 g/mol. The molecule has 1 aromatic carbocycles. The zero-order valence-corrected chi connectivity index (χ0v) is 13.3. The molecule has 2 N–H and O–H groups in total. The lowest BCUT2D eigenvalue weighted by Crippen LogP contribution is -2.25. The minimum Gasteiger partial charge on any atom is -0.352 e. The minimum atomic E-state index is -0.145. The number of imidazole rings is 1. The van der Waals surface area contributed by atoms with Crippen LogP contribution >= 0.6 is 0 Å². The lowest BCUT2D eigenvalue weighted by molar-refractivity contribution is -0.114. The zero-order chi connectivity index (χ0) is 16.9. The van der Waals surface area contributed by atoms with E-state index in [1.807, 2.05) is 35.0 Å². The van der Waals surface area contributed by atoms with Crippen LogP contribution in [-0.2, 0) is 11.2 Å². The number of hydrogen-bond donors (Lipinski definition) is 2. The van der Waals surface area contributed by atoms with E-state index in [0.717, 1.165) is 11.3 Å². The zero-order valence-electron chi connectivity index (χ0n) is 13.3. The standard InChI is InChI=1S/C18H18N4O2/c1-13(23)20-15-7-5-14(6-8-15)18(24)19-10-9-16-12-22-11-3-2-4-17(22)21-16/h2-8,11-12H,9-10H2,1H3,(H,19,24)(H,20,23). The van der Waals surface area contributed by atoms with E-state index in [4.69, 9.17) is 0 Å². The predicted molar refractivity (Wildman–Crippen MR) is 92.0 cm³/mol. The second-order valence-electron chi connectivity index (χ2n) is 5.46. The van der Waals surface area contributed by atoms with Gasteiger partial charge in [-0.2, -0.15) is 0 Å². The third kappa shape index (κ3) is 3.78. The molecule has 122 valence electrons. The van der Waals surface area contributed by atoms with Gasteiger partial charge in [-0.15, -0.1) is 0 Å². The molecule has 3 aromatic rings. The smallest absolute Gasteiger partial charge is 0.251 e. The molecule has 0 fully saturated rings. The second-order valence-corrected chi connectivity index (χ2v) is 5.46. The molecule has 0 spiro atoms. The van der Waals surface area contributed by atoms with Gasteiger partial charge in [0.05, 0.1) is 5.69 Å². The average molecular weight is 322 g/mol. The lowest BCUT2D eigenvalue weighted by Gasteiger charge is -2.06. The molecule has 0 bridgehead atoms. The molecule has 0 aliphatic rings. The number of nitrogens with one attached hydrogen (secondary N) is 2. The van der Waals surface area contributed by atoms with Crippen LogP contribution in [0.3, 0.4) is 0 Å². The van der Waals surface area contributed by atoms with Crippen LogP contribution in [0.1, 0.15) is 23.0 Å². The normalized spacial score (nSPS) is 10.5. The number of hydrogen-bond acceptors (Lipinski definition) is 3. The molecule has 0 aliphatic heterocycles. The molecule has 0 atom stereocenters. The largest absolute Gasteiger partial charge is 0.352 e. The summed E-state index contributed by atoms with van der Waals surface area (Å²) in [6.45, 7) is 1.95. The number of aromatic nitrogens is 2. The minimum absolute atomic E-state index is 0.139. The van der Waals surface area contributed by atoms with Crippen molar-refractivity contribution < 1.29 is 9.59 Å². The number of carbonyl (C=O) groups is 2. The maximum absolute atomic E-state index is 12.1. The van der Waals surface area contributed by atoms with Gasteiger partial charge < -0.3 is 15.0 Å². The van der Waals surface area contributed by atoms with Crippen LogP contribution in [0.2, 0.25) is 0 Å². The van der Waals surface area contributed by atoms with Crippen molar-refractivity contribution in [1.29, 1.82) is 0 Å². The van der Waals surface area contributed by atoms with Gasteiger partial charge in [-0.3, -0.25) is 9.59 Å². The molecule has 3 rings (SSSR count).